The molecule has 4 heteroatoms. The quantitative estimate of drug-likeness (QED) is 0.810. The number of hydrogen-bond donors (Lipinski definition) is 2. The number of rotatable bonds is 7. The second kappa shape index (κ2) is 8.37. The molecule has 0 aromatic heterocycles. The van der Waals surface area contributed by atoms with Crippen LogP contribution in [-0.4, -0.2) is 30.5 Å². The minimum atomic E-state index is -0.604. The van der Waals surface area contributed by atoms with Crippen LogP contribution in [0.3, 0.4) is 0 Å². The Morgan fingerprint density at radius 1 is 1.29 bits per heavy atom. The molecule has 0 aliphatic heterocycles. The van der Waals surface area contributed by atoms with Gasteiger partial charge in [-0.3, -0.25) is 0 Å². The van der Waals surface area contributed by atoms with Gasteiger partial charge in [0.05, 0.1) is 12.7 Å². The van der Waals surface area contributed by atoms with E-state index >= 15 is 0 Å². The van der Waals surface area contributed by atoms with Gasteiger partial charge in [0.2, 0.25) is 0 Å². The second-order valence-electron chi connectivity index (χ2n) is 6.00. The first-order chi connectivity index (χ1) is 10.2. The zero-order valence-corrected chi connectivity index (χ0v) is 12.8. The fraction of sp³-hybridized carbons (Fsp3) is 0.647. The largest absolute Gasteiger partial charge is 0.490 e. The number of nitrogens with two attached hydrogens (primary N) is 1. The average Bonchev–Trinajstić information content (AvgIpc) is 2.51. The van der Waals surface area contributed by atoms with E-state index in [0.717, 1.165) is 30.1 Å². The number of benzene rings is 1. The maximum atomic E-state index is 9.99. The molecule has 1 aliphatic rings. The summed E-state index contributed by atoms with van der Waals surface area (Å²) in [5.74, 6) is 1.47. The average molecular weight is 293 g/mol. The van der Waals surface area contributed by atoms with Gasteiger partial charge in [0.1, 0.15) is 18.5 Å². The Morgan fingerprint density at radius 3 is 2.86 bits per heavy atom. The molecule has 21 heavy (non-hydrogen) atoms. The Balaban J connectivity index is 1.70. The van der Waals surface area contributed by atoms with Crippen molar-refractivity contribution in [3.8, 4) is 5.75 Å². The van der Waals surface area contributed by atoms with E-state index in [4.69, 9.17) is 15.2 Å². The third-order valence-electron chi connectivity index (χ3n) is 4.04. The fourth-order valence-corrected chi connectivity index (χ4v) is 2.82. The van der Waals surface area contributed by atoms with Gasteiger partial charge in [-0.25, -0.2) is 0 Å². The topological polar surface area (TPSA) is 64.7 Å². The molecule has 4 nitrogen and oxygen atoms in total. The predicted molar refractivity (Wildman–Crippen MR) is 83.2 cm³/mol. The summed E-state index contributed by atoms with van der Waals surface area (Å²) in [4.78, 5) is 0. The third kappa shape index (κ3) is 5.30. The molecule has 0 radical (unpaired) electrons. The van der Waals surface area contributed by atoms with Crippen LogP contribution >= 0.6 is 0 Å². The third-order valence-corrected chi connectivity index (χ3v) is 4.04. The maximum absolute atomic E-state index is 9.99. The predicted octanol–water partition coefficient (Wildman–Crippen LogP) is 2.48. The van der Waals surface area contributed by atoms with E-state index in [1.54, 1.807) is 0 Å². The van der Waals surface area contributed by atoms with Gasteiger partial charge < -0.3 is 20.3 Å². The van der Waals surface area contributed by atoms with Crippen molar-refractivity contribution in [3.63, 3.8) is 0 Å². The molecular weight excluding hydrogens is 266 g/mol. The normalized spacial score (nSPS) is 23.8. The summed E-state index contributed by atoms with van der Waals surface area (Å²) in [5.41, 5.74) is 6.61. The highest BCUT2D eigenvalue weighted by Crippen LogP contribution is 2.25. The van der Waals surface area contributed by atoms with Gasteiger partial charge in [0.25, 0.3) is 0 Å². The van der Waals surface area contributed by atoms with Gasteiger partial charge in [-0.05, 0) is 24.8 Å². The van der Waals surface area contributed by atoms with Crippen molar-refractivity contribution in [3.05, 3.63) is 29.8 Å². The van der Waals surface area contributed by atoms with Crippen molar-refractivity contribution < 1.29 is 14.6 Å². The highest BCUT2D eigenvalue weighted by Gasteiger charge is 2.20. The Hall–Kier alpha value is -1.10. The second-order valence-corrected chi connectivity index (χ2v) is 6.00. The lowest BCUT2D eigenvalue weighted by Crippen LogP contribution is -2.29. The van der Waals surface area contributed by atoms with Gasteiger partial charge >= 0.3 is 0 Å². The van der Waals surface area contributed by atoms with Crippen LogP contribution in [0.5, 0.6) is 5.75 Å². The molecule has 3 unspecified atom stereocenters. The first kappa shape index (κ1) is 16.3. The first-order valence-corrected chi connectivity index (χ1v) is 7.89. The number of ether oxygens (including phenoxy) is 2. The zero-order chi connectivity index (χ0) is 15.1. The molecule has 3 atom stereocenters. The van der Waals surface area contributed by atoms with Crippen molar-refractivity contribution in [2.24, 2.45) is 11.7 Å². The molecule has 0 saturated heterocycles. The summed E-state index contributed by atoms with van der Waals surface area (Å²) in [6.45, 7) is 3.27. The van der Waals surface area contributed by atoms with Crippen LogP contribution in [0.1, 0.15) is 38.2 Å². The van der Waals surface area contributed by atoms with Crippen molar-refractivity contribution in [1.82, 2.24) is 0 Å². The molecular formula is C17H27NO3. The molecule has 1 aromatic rings. The lowest BCUT2D eigenvalue weighted by molar-refractivity contribution is -0.0427. The smallest absolute Gasteiger partial charge is 0.123 e. The molecule has 1 aliphatic carbocycles. The van der Waals surface area contributed by atoms with Crippen molar-refractivity contribution in [2.45, 2.75) is 51.4 Å². The van der Waals surface area contributed by atoms with Gasteiger partial charge in [-0.2, -0.15) is 0 Å². The monoisotopic (exact) mass is 293 g/mol. The number of hydrogen-bond acceptors (Lipinski definition) is 4. The van der Waals surface area contributed by atoms with Crippen LogP contribution in [0.15, 0.2) is 24.3 Å². The molecule has 1 fully saturated rings. The van der Waals surface area contributed by atoms with E-state index in [1.807, 2.05) is 24.3 Å². The molecule has 3 N–H and O–H groups in total. The van der Waals surface area contributed by atoms with Crippen molar-refractivity contribution in [1.29, 1.82) is 0 Å². The summed E-state index contributed by atoms with van der Waals surface area (Å²) in [6, 6.07) is 7.64. The molecule has 1 aromatic carbocycles. The van der Waals surface area contributed by atoms with E-state index in [-0.39, 0.29) is 6.61 Å². The van der Waals surface area contributed by atoms with E-state index in [0.29, 0.717) is 19.3 Å². The molecule has 118 valence electrons. The molecule has 0 bridgehead atoms. The van der Waals surface area contributed by atoms with Gasteiger partial charge in [-0.1, -0.05) is 38.0 Å². The van der Waals surface area contributed by atoms with Crippen LogP contribution in [-0.2, 0) is 11.3 Å². The summed E-state index contributed by atoms with van der Waals surface area (Å²) in [6.07, 6.45) is 4.41. The van der Waals surface area contributed by atoms with Gasteiger partial charge in [0.15, 0.2) is 0 Å². The minimum absolute atomic E-state index is 0.235. The van der Waals surface area contributed by atoms with Crippen LogP contribution in [0.25, 0.3) is 0 Å². The molecule has 0 amide bonds. The van der Waals surface area contributed by atoms with E-state index in [9.17, 15) is 5.11 Å². The van der Waals surface area contributed by atoms with Crippen LogP contribution < -0.4 is 10.5 Å². The van der Waals surface area contributed by atoms with Crippen LogP contribution in [0.4, 0.5) is 0 Å². The summed E-state index contributed by atoms with van der Waals surface area (Å²) >= 11 is 0. The van der Waals surface area contributed by atoms with Crippen molar-refractivity contribution >= 4 is 0 Å². The fourth-order valence-electron chi connectivity index (χ4n) is 2.82. The lowest BCUT2D eigenvalue weighted by atomic mass is 9.89. The highest BCUT2D eigenvalue weighted by molar-refractivity contribution is 5.32. The van der Waals surface area contributed by atoms with Gasteiger partial charge in [0, 0.05) is 12.1 Å². The van der Waals surface area contributed by atoms with Crippen LogP contribution in [0.2, 0.25) is 0 Å². The molecule has 0 spiro atoms. The SMILES string of the molecule is CC1CCCC(OCC(O)COc2ccccc2CN)C1. The van der Waals surface area contributed by atoms with Crippen molar-refractivity contribution in [2.75, 3.05) is 13.2 Å². The maximum Gasteiger partial charge on any atom is 0.123 e. The first-order valence-electron chi connectivity index (χ1n) is 7.89. The van der Waals surface area contributed by atoms with E-state index in [1.165, 1.54) is 12.8 Å². The van der Waals surface area contributed by atoms with Crippen LogP contribution in [0, 0.1) is 5.92 Å². The zero-order valence-electron chi connectivity index (χ0n) is 12.8. The molecule has 2 rings (SSSR count). The summed E-state index contributed by atoms with van der Waals surface area (Å²) in [7, 11) is 0. The minimum Gasteiger partial charge on any atom is -0.490 e. The summed E-state index contributed by atoms with van der Waals surface area (Å²) in [5, 5.41) is 9.99. The lowest BCUT2D eigenvalue weighted by Gasteiger charge is -2.27. The number of aliphatic hydroxyl groups excluding tert-OH is 1. The Bertz CT molecular complexity index is 424. The Labute approximate surface area is 127 Å². The highest BCUT2D eigenvalue weighted by atomic mass is 16.5. The number of aliphatic hydroxyl groups is 1. The Morgan fingerprint density at radius 2 is 2.10 bits per heavy atom. The molecule has 0 heterocycles. The van der Waals surface area contributed by atoms with E-state index in [2.05, 4.69) is 6.92 Å². The standard InChI is InChI=1S/C17H27NO3/c1-13-5-4-7-16(9-13)20-11-15(19)12-21-17-8-3-2-6-14(17)10-18/h2-3,6,8,13,15-16,19H,4-5,7,9-12,18H2,1H3. The summed E-state index contributed by atoms with van der Waals surface area (Å²) < 4.78 is 11.4. The van der Waals surface area contributed by atoms with Gasteiger partial charge in [-0.15, -0.1) is 0 Å². The van der Waals surface area contributed by atoms with E-state index < -0.39 is 6.10 Å². The Kier molecular flexibility index (Phi) is 6.49. The number of para-hydroxylation sites is 1. The molecule has 1 saturated carbocycles.